The minimum absolute atomic E-state index is 0.220. The van der Waals surface area contributed by atoms with Crippen LogP contribution in [0.4, 0.5) is 0 Å². The van der Waals surface area contributed by atoms with Crippen molar-refractivity contribution in [3.8, 4) is 0 Å². The number of hydrogen-bond donors (Lipinski definition) is 0. The predicted molar refractivity (Wildman–Crippen MR) is 61.9 cm³/mol. The third-order valence-electron chi connectivity index (χ3n) is 1.99. The first-order valence-corrected chi connectivity index (χ1v) is 5.20. The van der Waals surface area contributed by atoms with Crippen LogP contribution in [0.5, 0.6) is 0 Å². The topological polar surface area (TPSA) is 42.9 Å². The van der Waals surface area contributed by atoms with E-state index in [9.17, 15) is 4.79 Å². The number of halogens is 2. The van der Waals surface area contributed by atoms with Gasteiger partial charge in [0.05, 0.1) is 21.8 Å². The van der Waals surface area contributed by atoms with Crippen molar-refractivity contribution in [2.75, 3.05) is 0 Å². The number of aromatic nitrogens is 2. The lowest BCUT2D eigenvalue weighted by molar-refractivity contribution is 0.103. The van der Waals surface area contributed by atoms with Crippen molar-refractivity contribution in [3.63, 3.8) is 0 Å². The highest BCUT2D eigenvalue weighted by Gasteiger charge is 2.17. The largest absolute Gasteiger partial charge is 0.287 e. The van der Waals surface area contributed by atoms with Gasteiger partial charge in [-0.15, -0.1) is 0 Å². The summed E-state index contributed by atoms with van der Waals surface area (Å²) in [7, 11) is 0. The van der Waals surface area contributed by atoms with Crippen LogP contribution in [0, 0.1) is 0 Å². The average molecular weight is 253 g/mol. The highest BCUT2D eigenvalue weighted by Crippen LogP contribution is 2.26. The number of rotatable bonds is 2. The molecular formula is C11H6Cl2N2O. The summed E-state index contributed by atoms with van der Waals surface area (Å²) < 4.78 is 0. The fourth-order valence-electron chi connectivity index (χ4n) is 1.26. The van der Waals surface area contributed by atoms with E-state index >= 15 is 0 Å². The van der Waals surface area contributed by atoms with Crippen LogP contribution in [0.15, 0.2) is 36.8 Å². The standard InChI is InChI=1S/C11H6Cl2N2O/c12-7-2-1-3-8(13)10(7)11(16)9-6-14-4-5-15-9/h1-6H. The lowest BCUT2D eigenvalue weighted by atomic mass is 10.1. The monoisotopic (exact) mass is 252 g/mol. The van der Waals surface area contributed by atoms with Gasteiger partial charge in [-0.1, -0.05) is 29.3 Å². The van der Waals surface area contributed by atoms with Gasteiger partial charge in [0.25, 0.3) is 0 Å². The second-order valence-electron chi connectivity index (χ2n) is 3.02. The highest BCUT2D eigenvalue weighted by atomic mass is 35.5. The second kappa shape index (κ2) is 4.60. The molecule has 80 valence electrons. The predicted octanol–water partition coefficient (Wildman–Crippen LogP) is 3.01. The van der Waals surface area contributed by atoms with Crippen LogP contribution < -0.4 is 0 Å². The van der Waals surface area contributed by atoms with E-state index in [1.165, 1.54) is 18.6 Å². The number of nitrogens with zero attached hydrogens (tertiary/aromatic N) is 2. The summed E-state index contributed by atoms with van der Waals surface area (Å²) >= 11 is 11.8. The maximum atomic E-state index is 12.0. The molecule has 0 saturated carbocycles. The first kappa shape index (κ1) is 11.0. The van der Waals surface area contributed by atoms with E-state index in [4.69, 9.17) is 23.2 Å². The zero-order valence-corrected chi connectivity index (χ0v) is 9.53. The van der Waals surface area contributed by atoms with Crippen molar-refractivity contribution >= 4 is 29.0 Å². The van der Waals surface area contributed by atoms with Crippen LogP contribution in [0.25, 0.3) is 0 Å². The maximum Gasteiger partial charge on any atom is 0.215 e. The molecule has 1 aromatic heterocycles. The number of hydrogen-bond acceptors (Lipinski definition) is 3. The van der Waals surface area contributed by atoms with Gasteiger partial charge >= 0.3 is 0 Å². The van der Waals surface area contributed by atoms with E-state index in [1.54, 1.807) is 18.2 Å². The molecule has 1 heterocycles. The van der Waals surface area contributed by atoms with Crippen molar-refractivity contribution < 1.29 is 4.79 Å². The summed E-state index contributed by atoms with van der Waals surface area (Å²) in [6.45, 7) is 0. The molecule has 1 aromatic carbocycles. The lowest BCUT2D eigenvalue weighted by Crippen LogP contribution is -2.05. The summed E-state index contributed by atoms with van der Waals surface area (Å²) in [5.41, 5.74) is 0.476. The Hall–Kier alpha value is -1.45. The Morgan fingerprint density at radius 3 is 2.38 bits per heavy atom. The molecule has 0 amide bonds. The molecule has 2 rings (SSSR count). The fraction of sp³-hybridized carbons (Fsp3) is 0. The van der Waals surface area contributed by atoms with Crippen molar-refractivity contribution in [2.24, 2.45) is 0 Å². The summed E-state index contributed by atoms with van der Waals surface area (Å²) in [6, 6.07) is 4.90. The summed E-state index contributed by atoms with van der Waals surface area (Å²) in [4.78, 5) is 19.7. The van der Waals surface area contributed by atoms with Crippen molar-refractivity contribution in [3.05, 3.63) is 58.1 Å². The van der Waals surface area contributed by atoms with Gasteiger partial charge < -0.3 is 0 Å². The Labute approximate surface area is 102 Å². The zero-order chi connectivity index (χ0) is 11.5. The van der Waals surface area contributed by atoms with Gasteiger partial charge in [-0.3, -0.25) is 9.78 Å². The maximum absolute atomic E-state index is 12.0. The van der Waals surface area contributed by atoms with E-state index in [2.05, 4.69) is 9.97 Å². The molecule has 0 radical (unpaired) electrons. The molecule has 0 N–H and O–H groups in total. The van der Waals surface area contributed by atoms with Crippen molar-refractivity contribution in [1.29, 1.82) is 0 Å². The van der Waals surface area contributed by atoms with Crippen LogP contribution in [0.1, 0.15) is 16.1 Å². The molecule has 0 spiro atoms. The molecule has 3 nitrogen and oxygen atoms in total. The minimum Gasteiger partial charge on any atom is -0.287 e. The van der Waals surface area contributed by atoms with Gasteiger partial charge in [0.1, 0.15) is 5.69 Å². The number of carbonyl (C=O) groups is 1. The Bertz CT molecular complexity index is 509. The summed E-state index contributed by atoms with van der Waals surface area (Å²) in [5.74, 6) is -0.330. The fourth-order valence-corrected chi connectivity index (χ4v) is 1.83. The first-order valence-electron chi connectivity index (χ1n) is 4.45. The van der Waals surface area contributed by atoms with Gasteiger partial charge in [0.15, 0.2) is 0 Å². The van der Waals surface area contributed by atoms with E-state index in [1.807, 2.05) is 0 Å². The summed E-state index contributed by atoms with van der Waals surface area (Å²) in [6.07, 6.45) is 4.31. The number of carbonyl (C=O) groups excluding carboxylic acids is 1. The Morgan fingerprint density at radius 1 is 1.12 bits per heavy atom. The number of benzene rings is 1. The SMILES string of the molecule is O=C(c1cnccn1)c1c(Cl)cccc1Cl. The van der Waals surface area contributed by atoms with Gasteiger partial charge in [0.2, 0.25) is 5.78 Å². The Kier molecular flexibility index (Phi) is 3.17. The van der Waals surface area contributed by atoms with E-state index in [-0.39, 0.29) is 17.0 Å². The normalized spacial score (nSPS) is 10.1. The van der Waals surface area contributed by atoms with Crippen LogP contribution in [0.2, 0.25) is 10.0 Å². The molecule has 0 aliphatic carbocycles. The molecule has 2 aromatic rings. The van der Waals surface area contributed by atoms with Crippen LogP contribution >= 0.6 is 23.2 Å². The van der Waals surface area contributed by atoms with Crippen molar-refractivity contribution in [2.45, 2.75) is 0 Å². The molecule has 0 saturated heterocycles. The third kappa shape index (κ3) is 2.05. The molecule has 16 heavy (non-hydrogen) atoms. The molecule has 0 aliphatic rings. The van der Waals surface area contributed by atoms with Gasteiger partial charge in [-0.05, 0) is 12.1 Å². The smallest absolute Gasteiger partial charge is 0.215 e. The quantitative estimate of drug-likeness (QED) is 0.772. The lowest BCUT2D eigenvalue weighted by Gasteiger charge is -2.04. The third-order valence-corrected chi connectivity index (χ3v) is 2.62. The molecular weight excluding hydrogens is 247 g/mol. The van der Waals surface area contributed by atoms with Gasteiger partial charge in [-0.2, -0.15) is 0 Å². The van der Waals surface area contributed by atoms with E-state index in [0.717, 1.165) is 0 Å². The Morgan fingerprint density at radius 2 is 1.81 bits per heavy atom. The van der Waals surface area contributed by atoms with Crippen molar-refractivity contribution in [1.82, 2.24) is 9.97 Å². The summed E-state index contributed by atoms with van der Waals surface area (Å²) in [5, 5.41) is 0.617. The van der Waals surface area contributed by atoms with Gasteiger partial charge in [0, 0.05) is 12.4 Å². The molecule has 0 unspecified atom stereocenters. The molecule has 0 bridgehead atoms. The molecule has 0 atom stereocenters. The number of ketones is 1. The molecule has 5 heteroatoms. The molecule has 0 fully saturated rings. The highest BCUT2D eigenvalue weighted by molar-refractivity contribution is 6.40. The van der Waals surface area contributed by atoms with E-state index in [0.29, 0.717) is 10.0 Å². The van der Waals surface area contributed by atoms with E-state index < -0.39 is 0 Å². The van der Waals surface area contributed by atoms with Crippen LogP contribution in [0.3, 0.4) is 0 Å². The second-order valence-corrected chi connectivity index (χ2v) is 3.83. The van der Waals surface area contributed by atoms with Gasteiger partial charge in [-0.25, -0.2) is 4.98 Å². The first-order chi connectivity index (χ1) is 7.70. The average Bonchev–Trinajstić information content (AvgIpc) is 2.30. The Balaban J connectivity index is 2.50. The van der Waals surface area contributed by atoms with Crippen LogP contribution in [-0.2, 0) is 0 Å². The van der Waals surface area contributed by atoms with Crippen LogP contribution in [-0.4, -0.2) is 15.8 Å². The minimum atomic E-state index is -0.330. The molecule has 0 aliphatic heterocycles. The zero-order valence-electron chi connectivity index (χ0n) is 8.02.